The van der Waals surface area contributed by atoms with E-state index in [0.29, 0.717) is 26.9 Å². The highest BCUT2D eigenvalue weighted by molar-refractivity contribution is 8.18. The van der Waals surface area contributed by atoms with E-state index in [0.717, 1.165) is 11.8 Å². The maximum absolute atomic E-state index is 12.2. The Hall–Kier alpha value is -2.90. The van der Waals surface area contributed by atoms with Crippen LogP contribution in [-0.4, -0.2) is 35.4 Å². The Bertz CT molecular complexity index is 1030. The first kappa shape index (κ1) is 19.9. The first-order valence-corrected chi connectivity index (χ1v) is 9.25. The minimum atomic E-state index is -0.718. The molecule has 8 heteroatoms. The van der Waals surface area contributed by atoms with Gasteiger partial charge in [0.05, 0.1) is 24.8 Å². The summed E-state index contributed by atoms with van der Waals surface area (Å²) >= 11 is 7.07. The number of nitrogens with zero attached hydrogens (tertiary/aromatic N) is 1. The third-order valence-electron chi connectivity index (χ3n) is 3.84. The van der Waals surface area contributed by atoms with Gasteiger partial charge in [0.2, 0.25) is 0 Å². The highest BCUT2D eigenvalue weighted by atomic mass is 35.5. The average Bonchev–Trinajstić information content (AvgIpc) is 2.98. The molecule has 1 heterocycles. The van der Waals surface area contributed by atoms with Crippen LogP contribution in [0.25, 0.3) is 6.08 Å². The number of esters is 1. The predicted molar refractivity (Wildman–Crippen MR) is 110 cm³/mol. The van der Waals surface area contributed by atoms with E-state index >= 15 is 0 Å². The summed E-state index contributed by atoms with van der Waals surface area (Å²) in [6, 6.07) is 11.5. The van der Waals surface area contributed by atoms with Crippen LogP contribution >= 0.6 is 23.4 Å². The smallest absolute Gasteiger partial charge is 0.344 e. The Labute approximate surface area is 170 Å². The Kier molecular flexibility index (Phi) is 5.96. The maximum Gasteiger partial charge on any atom is 0.344 e. The summed E-state index contributed by atoms with van der Waals surface area (Å²) in [6.45, 7) is 0. The van der Waals surface area contributed by atoms with E-state index < -0.39 is 5.97 Å². The molecule has 0 saturated heterocycles. The lowest BCUT2D eigenvalue weighted by atomic mass is 10.1. The van der Waals surface area contributed by atoms with E-state index in [2.05, 4.69) is 4.99 Å². The topological polar surface area (TPSA) is 88.4 Å². The number of ether oxygens (including phenoxy) is 2. The van der Waals surface area contributed by atoms with Crippen molar-refractivity contribution in [2.45, 2.75) is 0 Å². The van der Waals surface area contributed by atoms with Gasteiger partial charge in [-0.2, -0.15) is 0 Å². The molecule has 0 amide bonds. The molecule has 0 spiro atoms. The monoisotopic (exact) mass is 417 g/mol. The number of carbonyl (C=O) groups is 1. The molecular formula is C20H16ClNO5S. The number of carbonyl (C=O) groups excluding carboxylic acids is 1. The van der Waals surface area contributed by atoms with Crippen molar-refractivity contribution in [1.82, 2.24) is 0 Å². The SMILES string of the molecule is COC(=O)C1=C(O)C(=Cc2cc(OC)ccc2O)SC1=Nc1cccc(Cl)c1. The normalized spacial score (nSPS) is 16.7. The summed E-state index contributed by atoms with van der Waals surface area (Å²) in [4.78, 5) is 17.0. The predicted octanol–water partition coefficient (Wildman–Crippen LogP) is 4.86. The lowest BCUT2D eigenvalue weighted by Crippen LogP contribution is -2.10. The first-order chi connectivity index (χ1) is 13.4. The molecular weight excluding hydrogens is 402 g/mol. The lowest BCUT2D eigenvalue weighted by molar-refractivity contribution is -0.135. The molecule has 6 nitrogen and oxygen atoms in total. The number of thioether (sulfide) groups is 1. The van der Waals surface area contributed by atoms with Crippen molar-refractivity contribution in [2.75, 3.05) is 14.2 Å². The van der Waals surface area contributed by atoms with E-state index in [-0.39, 0.29) is 22.1 Å². The molecule has 144 valence electrons. The van der Waals surface area contributed by atoms with Gasteiger partial charge >= 0.3 is 5.97 Å². The fraction of sp³-hybridized carbons (Fsp3) is 0.100. The molecule has 0 atom stereocenters. The van der Waals surface area contributed by atoms with Crippen LogP contribution < -0.4 is 4.74 Å². The highest BCUT2D eigenvalue weighted by Gasteiger charge is 2.33. The van der Waals surface area contributed by atoms with Crippen LogP contribution in [0.4, 0.5) is 5.69 Å². The van der Waals surface area contributed by atoms with Crippen LogP contribution in [0.3, 0.4) is 0 Å². The number of methoxy groups -OCH3 is 2. The van der Waals surface area contributed by atoms with Crippen molar-refractivity contribution in [1.29, 1.82) is 0 Å². The molecule has 0 radical (unpaired) electrons. The van der Waals surface area contributed by atoms with Gasteiger partial charge in [-0.1, -0.05) is 29.4 Å². The molecule has 3 rings (SSSR count). The zero-order valence-electron chi connectivity index (χ0n) is 15.0. The summed E-state index contributed by atoms with van der Waals surface area (Å²) in [5, 5.41) is 21.4. The molecule has 0 aromatic heterocycles. The van der Waals surface area contributed by atoms with Crippen molar-refractivity contribution < 1.29 is 24.5 Å². The number of aliphatic hydroxyl groups is 1. The van der Waals surface area contributed by atoms with Gasteiger partial charge in [-0.15, -0.1) is 0 Å². The summed E-state index contributed by atoms with van der Waals surface area (Å²) in [7, 11) is 2.73. The molecule has 0 aliphatic carbocycles. The van der Waals surface area contributed by atoms with Crippen molar-refractivity contribution in [3.05, 3.63) is 69.3 Å². The van der Waals surface area contributed by atoms with E-state index in [1.165, 1.54) is 20.3 Å². The third-order valence-corrected chi connectivity index (χ3v) is 5.10. The standard InChI is InChI=1S/C20H16ClNO5S/c1-26-14-6-7-15(23)11(8-14)9-16-18(24)17(20(25)27-2)19(28-16)22-13-5-3-4-12(21)10-13/h3-10,23-24H,1-2H3. The summed E-state index contributed by atoms with van der Waals surface area (Å²) in [5.74, 6) is -0.456. The van der Waals surface area contributed by atoms with Crippen LogP contribution in [0.2, 0.25) is 5.02 Å². The van der Waals surface area contributed by atoms with E-state index in [9.17, 15) is 15.0 Å². The van der Waals surface area contributed by atoms with Gasteiger partial charge in [0.25, 0.3) is 0 Å². The number of aromatic hydroxyl groups is 1. The fourth-order valence-corrected chi connectivity index (χ4v) is 3.68. The number of aliphatic hydroxyl groups excluding tert-OH is 1. The van der Waals surface area contributed by atoms with Crippen LogP contribution in [0.5, 0.6) is 11.5 Å². The summed E-state index contributed by atoms with van der Waals surface area (Å²) in [5.41, 5.74) is 0.886. The molecule has 2 N–H and O–H groups in total. The minimum absolute atomic E-state index is 0.00143. The molecule has 1 aliphatic heterocycles. The third kappa shape index (κ3) is 4.16. The second-order valence-electron chi connectivity index (χ2n) is 5.65. The Morgan fingerprint density at radius 1 is 1.18 bits per heavy atom. The molecule has 2 aromatic carbocycles. The van der Waals surface area contributed by atoms with Gasteiger partial charge in [-0.05, 0) is 42.5 Å². The van der Waals surface area contributed by atoms with Crippen LogP contribution in [0, 0.1) is 0 Å². The number of hydrogen-bond donors (Lipinski definition) is 2. The molecule has 0 bridgehead atoms. The largest absolute Gasteiger partial charge is 0.507 e. The number of phenolic OH excluding ortho intramolecular Hbond substituents is 1. The van der Waals surface area contributed by atoms with Crippen LogP contribution in [0.1, 0.15) is 5.56 Å². The second kappa shape index (κ2) is 8.41. The zero-order valence-corrected chi connectivity index (χ0v) is 16.5. The lowest BCUT2D eigenvalue weighted by Gasteiger charge is -2.04. The number of phenols is 1. The van der Waals surface area contributed by atoms with Gasteiger partial charge in [-0.3, -0.25) is 0 Å². The molecule has 0 saturated carbocycles. The Morgan fingerprint density at radius 3 is 2.64 bits per heavy atom. The molecule has 28 heavy (non-hydrogen) atoms. The molecule has 0 unspecified atom stereocenters. The van der Waals surface area contributed by atoms with Crippen LogP contribution in [-0.2, 0) is 9.53 Å². The number of aliphatic imine (C=N–C) groups is 1. The van der Waals surface area contributed by atoms with Crippen molar-refractivity contribution in [3.63, 3.8) is 0 Å². The minimum Gasteiger partial charge on any atom is -0.507 e. The van der Waals surface area contributed by atoms with E-state index in [1.54, 1.807) is 42.5 Å². The van der Waals surface area contributed by atoms with Gasteiger partial charge in [0.15, 0.2) is 0 Å². The van der Waals surface area contributed by atoms with Crippen molar-refractivity contribution in [2.24, 2.45) is 4.99 Å². The number of hydrogen-bond acceptors (Lipinski definition) is 7. The van der Waals surface area contributed by atoms with Gasteiger partial charge in [0, 0.05) is 10.6 Å². The van der Waals surface area contributed by atoms with E-state index in [4.69, 9.17) is 21.1 Å². The van der Waals surface area contributed by atoms with Crippen molar-refractivity contribution in [3.8, 4) is 11.5 Å². The quantitative estimate of drug-likeness (QED) is 0.691. The van der Waals surface area contributed by atoms with Crippen LogP contribution in [0.15, 0.2) is 63.7 Å². The van der Waals surface area contributed by atoms with Gasteiger partial charge in [-0.25, -0.2) is 9.79 Å². The summed E-state index contributed by atoms with van der Waals surface area (Å²) in [6.07, 6.45) is 1.54. The maximum atomic E-state index is 12.2. The second-order valence-corrected chi connectivity index (χ2v) is 7.11. The van der Waals surface area contributed by atoms with E-state index in [1.807, 2.05) is 0 Å². The van der Waals surface area contributed by atoms with Crippen molar-refractivity contribution >= 4 is 46.1 Å². The van der Waals surface area contributed by atoms with Gasteiger partial charge in [0.1, 0.15) is 27.9 Å². The first-order valence-electron chi connectivity index (χ1n) is 8.06. The Morgan fingerprint density at radius 2 is 1.96 bits per heavy atom. The zero-order chi connectivity index (χ0) is 20.3. The summed E-state index contributed by atoms with van der Waals surface area (Å²) < 4.78 is 9.94. The fourth-order valence-electron chi connectivity index (χ4n) is 2.47. The molecule has 1 aliphatic rings. The molecule has 0 fully saturated rings. The number of rotatable bonds is 4. The highest BCUT2D eigenvalue weighted by Crippen LogP contribution is 2.41. The Balaban J connectivity index is 2.08. The average molecular weight is 418 g/mol. The van der Waals surface area contributed by atoms with Gasteiger partial charge < -0.3 is 19.7 Å². The molecule has 2 aromatic rings. The number of benzene rings is 2. The number of halogens is 1.